The quantitative estimate of drug-likeness (QED) is 0.795. The molecular formula is C12H14O2. The molecule has 0 atom stereocenters. The van der Waals surface area contributed by atoms with E-state index in [1.807, 2.05) is 38.1 Å². The van der Waals surface area contributed by atoms with Gasteiger partial charge in [0.1, 0.15) is 0 Å². The number of allylic oxidation sites excluding steroid dienone is 1. The van der Waals surface area contributed by atoms with Gasteiger partial charge in [0.25, 0.3) is 0 Å². The summed E-state index contributed by atoms with van der Waals surface area (Å²) < 4.78 is 0. The fraction of sp³-hybridized carbons (Fsp3) is 0.250. The number of rotatable bonds is 3. The molecule has 74 valence electrons. The molecule has 0 heterocycles. The molecule has 1 N–H and O–H groups in total. The zero-order chi connectivity index (χ0) is 10.6. The third-order valence-electron chi connectivity index (χ3n) is 1.79. The highest BCUT2D eigenvalue weighted by atomic mass is 16.4. The van der Waals surface area contributed by atoms with Crippen LogP contribution in [0.5, 0.6) is 0 Å². The van der Waals surface area contributed by atoms with Crippen LogP contribution >= 0.6 is 0 Å². The van der Waals surface area contributed by atoms with Gasteiger partial charge < -0.3 is 5.11 Å². The number of carboxylic acid groups (broad SMARTS) is 1. The summed E-state index contributed by atoms with van der Waals surface area (Å²) in [6.45, 7) is 4.07. The predicted molar refractivity (Wildman–Crippen MR) is 57.1 cm³/mol. The monoisotopic (exact) mass is 190 g/mol. The first-order chi connectivity index (χ1) is 6.58. The Morgan fingerprint density at radius 2 is 1.86 bits per heavy atom. The Morgan fingerprint density at radius 3 is 2.29 bits per heavy atom. The third kappa shape index (κ3) is 3.44. The maximum absolute atomic E-state index is 10.4. The SMILES string of the molecule is CC(C)=Cc1ccc(CC(=O)O)cc1. The molecule has 14 heavy (non-hydrogen) atoms. The second-order valence-corrected chi connectivity index (χ2v) is 3.53. The molecule has 0 spiro atoms. The molecular weight excluding hydrogens is 176 g/mol. The lowest BCUT2D eigenvalue weighted by Crippen LogP contribution is -1.99. The van der Waals surface area contributed by atoms with Gasteiger partial charge in [0.2, 0.25) is 0 Å². The summed E-state index contributed by atoms with van der Waals surface area (Å²) in [4.78, 5) is 10.4. The molecule has 0 fully saturated rings. The normalized spacial score (nSPS) is 9.57. The minimum Gasteiger partial charge on any atom is -0.481 e. The molecule has 0 aliphatic rings. The van der Waals surface area contributed by atoms with Gasteiger partial charge in [0.15, 0.2) is 0 Å². The number of carbonyl (C=O) groups is 1. The Hall–Kier alpha value is -1.57. The lowest BCUT2D eigenvalue weighted by Gasteiger charge is -1.98. The topological polar surface area (TPSA) is 37.3 Å². The van der Waals surface area contributed by atoms with Gasteiger partial charge in [0.05, 0.1) is 6.42 Å². The van der Waals surface area contributed by atoms with Crippen molar-refractivity contribution in [1.82, 2.24) is 0 Å². The average Bonchev–Trinajstić information content (AvgIpc) is 2.06. The average molecular weight is 190 g/mol. The standard InChI is InChI=1S/C12H14O2/c1-9(2)7-10-3-5-11(6-4-10)8-12(13)14/h3-7H,8H2,1-2H3,(H,13,14). The van der Waals surface area contributed by atoms with Gasteiger partial charge in [-0.2, -0.15) is 0 Å². The maximum Gasteiger partial charge on any atom is 0.307 e. The van der Waals surface area contributed by atoms with Crippen LogP contribution in [-0.2, 0) is 11.2 Å². The molecule has 2 nitrogen and oxygen atoms in total. The van der Waals surface area contributed by atoms with Crippen molar-refractivity contribution in [2.24, 2.45) is 0 Å². The second kappa shape index (κ2) is 4.61. The zero-order valence-corrected chi connectivity index (χ0v) is 8.45. The lowest BCUT2D eigenvalue weighted by atomic mass is 10.1. The molecule has 0 aliphatic heterocycles. The van der Waals surface area contributed by atoms with E-state index in [2.05, 4.69) is 6.08 Å². The fourth-order valence-electron chi connectivity index (χ4n) is 1.24. The van der Waals surface area contributed by atoms with Crippen LogP contribution in [0.1, 0.15) is 25.0 Å². The predicted octanol–water partition coefficient (Wildman–Crippen LogP) is 2.74. The first-order valence-electron chi connectivity index (χ1n) is 4.53. The largest absolute Gasteiger partial charge is 0.481 e. The van der Waals surface area contributed by atoms with Gasteiger partial charge in [-0.1, -0.05) is 35.9 Å². The van der Waals surface area contributed by atoms with Crippen molar-refractivity contribution in [3.8, 4) is 0 Å². The number of aliphatic carboxylic acids is 1. The highest BCUT2D eigenvalue weighted by Crippen LogP contribution is 2.09. The first-order valence-corrected chi connectivity index (χ1v) is 4.53. The number of hydrogen-bond acceptors (Lipinski definition) is 1. The first kappa shape index (κ1) is 10.5. The molecule has 2 heteroatoms. The van der Waals surface area contributed by atoms with E-state index in [0.717, 1.165) is 11.1 Å². The van der Waals surface area contributed by atoms with Gasteiger partial charge in [-0.15, -0.1) is 0 Å². The Kier molecular flexibility index (Phi) is 3.46. The highest BCUT2D eigenvalue weighted by molar-refractivity contribution is 5.70. The Balaban J connectivity index is 2.78. The fourth-order valence-corrected chi connectivity index (χ4v) is 1.24. The van der Waals surface area contributed by atoms with E-state index >= 15 is 0 Å². The highest BCUT2D eigenvalue weighted by Gasteiger charge is 1.98. The molecule has 0 bridgehead atoms. The van der Waals surface area contributed by atoms with Crippen LogP contribution in [-0.4, -0.2) is 11.1 Å². The minimum atomic E-state index is -0.792. The molecule has 1 aromatic rings. The molecule has 0 amide bonds. The molecule has 0 aromatic heterocycles. The Bertz CT molecular complexity index is 343. The van der Waals surface area contributed by atoms with Gasteiger partial charge in [-0.05, 0) is 25.0 Å². The van der Waals surface area contributed by atoms with E-state index in [4.69, 9.17) is 5.11 Å². The van der Waals surface area contributed by atoms with E-state index < -0.39 is 5.97 Å². The molecule has 1 rings (SSSR count). The van der Waals surface area contributed by atoms with Crippen LogP contribution in [0, 0.1) is 0 Å². The number of benzene rings is 1. The number of carboxylic acids is 1. The van der Waals surface area contributed by atoms with Crippen LogP contribution in [0.25, 0.3) is 6.08 Å². The van der Waals surface area contributed by atoms with Crippen LogP contribution in [0.15, 0.2) is 29.8 Å². The van der Waals surface area contributed by atoms with E-state index in [1.165, 1.54) is 5.57 Å². The molecule has 0 saturated carbocycles. The molecule has 0 saturated heterocycles. The molecule has 0 radical (unpaired) electrons. The number of hydrogen-bond donors (Lipinski definition) is 1. The van der Waals surface area contributed by atoms with Crippen LogP contribution in [0.4, 0.5) is 0 Å². The van der Waals surface area contributed by atoms with E-state index in [-0.39, 0.29) is 6.42 Å². The Morgan fingerprint density at radius 1 is 1.29 bits per heavy atom. The summed E-state index contributed by atoms with van der Waals surface area (Å²) in [5.74, 6) is -0.792. The van der Waals surface area contributed by atoms with Crippen molar-refractivity contribution in [3.05, 3.63) is 41.0 Å². The van der Waals surface area contributed by atoms with Crippen LogP contribution in [0.3, 0.4) is 0 Å². The van der Waals surface area contributed by atoms with Crippen molar-refractivity contribution in [2.45, 2.75) is 20.3 Å². The summed E-state index contributed by atoms with van der Waals surface area (Å²) >= 11 is 0. The molecule has 1 aromatic carbocycles. The van der Waals surface area contributed by atoms with Gasteiger partial charge in [-0.3, -0.25) is 4.79 Å². The summed E-state index contributed by atoms with van der Waals surface area (Å²) in [6, 6.07) is 7.57. The minimum absolute atomic E-state index is 0.0924. The summed E-state index contributed by atoms with van der Waals surface area (Å²) in [7, 11) is 0. The van der Waals surface area contributed by atoms with Crippen LogP contribution in [0.2, 0.25) is 0 Å². The molecule has 0 aliphatic carbocycles. The van der Waals surface area contributed by atoms with Gasteiger partial charge in [-0.25, -0.2) is 0 Å². The summed E-state index contributed by atoms with van der Waals surface area (Å²) in [5.41, 5.74) is 3.18. The van der Waals surface area contributed by atoms with Gasteiger partial charge in [0, 0.05) is 0 Å². The van der Waals surface area contributed by atoms with Gasteiger partial charge >= 0.3 is 5.97 Å². The Labute approximate surface area is 83.9 Å². The zero-order valence-electron chi connectivity index (χ0n) is 8.45. The van der Waals surface area contributed by atoms with Crippen molar-refractivity contribution in [2.75, 3.05) is 0 Å². The molecule has 0 unspecified atom stereocenters. The summed E-state index contributed by atoms with van der Waals surface area (Å²) in [5, 5.41) is 8.57. The lowest BCUT2D eigenvalue weighted by molar-refractivity contribution is -0.136. The summed E-state index contributed by atoms with van der Waals surface area (Å²) in [6.07, 6.45) is 2.15. The third-order valence-corrected chi connectivity index (χ3v) is 1.79. The van der Waals surface area contributed by atoms with E-state index in [0.29, 0.717) is 0 Å². The van der Waals surface area contributed by atoms with Crippen molar-refractivity contribution < 1.29 is 9.90 Å². The van der Waals surface area contributed by atoms with E-state index in [9.17, 15) is 4.79 Å². The maximum atomic E-state index is 10.4. The van der Waals surface area contributed by atoms with Crippen LogP contribution < -0.4 is 0 Å². The van der Waals surface area contributed by atoms with Crippen molar-refractivity contribution in [1.29, 1.82) is 0 Å². The van der Waals surface area contributed by atoms with Crippen molar-refractivity contribution >= 4 is 12.0 Å². The second-order valence-electron chi connectivity index (χ2n) is 3.53. The van der Waals surface area contributed by atoms with E-state index in [1.54, 1.807) is 0 Å². The smallest absolute Gasteiger partial charge is 0.307 e. The van der Waals surface area contributed by atoms with Crippen molar-refractivity contribution in [3.63, 3.8) is 0 Å².